The summed E-state index contributed by atoms with van der Waals surface area (Å²) in [5.74, 6) is -1.06. The van der Waals surface area contributed by atoms with Crippen molar-refractivity contribution >= 4 is 34.8 Å². The zero-order chi connectivity index (χ0) is 28.8. The molecule has 0 spiro atoms. The van der Waals surface area contributed by atoms with Gasteiger partial charge in [0.1, 0.15) is 11.5 Å². The van der Waals surface area contributed by atoms with Crippen LogP contribution in [0, 0.1) is 0 Å². The molecule has 0 aliphatic heterocycles. The maximum Gasteiger partial charge on any atom is 0.348 e. The van der Waals surface area contributed by atoms with Crippen molar-refractivity contribution < 1.29 is 38.1 Å². The topological polar surface area (TPSA) is 105 Å². The average Bonchev–Trinajstić information content (AvgIpc) is 3.23. The Morgan fingerprint density at radius 2 is 1.55 bits per heavy atom. The first-order chi connectivity index (χ1) is 19.2. The molecule has 40 heavy (non-hydrogen) atoms. The summed E-state index contributed by atoms with van der Waals surface area (Å²) in [7, 11) is 1.24. The molecule has 1 aliphatic rings. The van der Waals surface area contributed by atoms with E-state index in [2.05, 4.69) is 22.6 Å². The maximum atomic E-state index is 13.1. The van der Waals surface area contributed by atoms with E-state index in [9.17, 15) is 19.2 Å². The number of carbonyl (C=O) groups excluding carboxylic acids is 4. The van der Waals surface area contributed by atoms with Gasteiger partial charge in [-0.2, -0.15) is 0 Å². The number of rotatable bonds is 10. The van der Waals surface area contributed by atoms with Crippen molar-refractivity contribution in [3.63, 3.8) is 0 Å². The smallest absolute Gasteiger partial charge is 0.348 e. The van der Waals surface area contributed by atoms with Crippen LogP contribution in [0.5, 0.6) is 11.5 Å². The zero-order valence-corrected chi connectivity index (χ0v) is 22.7. The van der Waals surface area contributed by atoms with E-state index < -0.39 is 17.9 Å². The summed E-state index contributed by atoms with van der Waals surface area (Å²) in [4.78, 5) is 48.9. The fraction of sp³-hybridized carbons (Fsp3) is 0.161. The lowest BCUT2D eigenvalue weighted by molar-refractivity contribution is -0.141. The van der Waals surface area contributed by atoms with Crippen molar-refractivity contribution in [1.82, 2.24) is 0 Å². The Balaban J connectivity index is 1.42. The Labute approximate surface area is 235 Å². The molecule has 0 aromatic heterocycles. The number of fused-ring (bicyclic) bond motifs is 3. The molecule has 0 bridgehead atoms. The van der Waals surface area contributed by atoms with E-state index in [-0.39, 0.29) is 29.6 Å². The Kier molecular flexibility index (Phi) is 8.86. The Hall–Kier alpha value is -4.63. The largest absolute Gasteiger partial charge is 0.482 e. The van der Waals surface area contributed by atoms with Crippen LogP contribution < -0.4 is 9.47 Å². The first kappa shape index (κ1) is 28.4. The fourth-order valence-corrected chi connectivity index (χ4v) is 4.94. The summed E-state index contributed by atoms with van der Waals surface area (Å²) in [6.45, 7) is 8.70. The molecule has 8 nitrogen and oxygen atoms in total. The summed E-state index contributed by atoms with van der Waals surface area (Å²) in [5.41, 5.74) is 4.52. The summed E-state index contributed by atoms with van der Waals surface area (Å²) in [6.07, 6.45) is 0.792. The van der Waals surface area contributed by atoms with Gasteiger partial charge in [0.2, 0.25) is 5.12 Å². The van der Waals surface area contributed by atoms with Gasteiger partial charge in [0, 0.05) is 21.9 Å². The van der Waals surface area contributed by atoms with E-state index in [1.165, 1.54) is 7.11 Å². The van der Waals surface area contributed by atoms with Gasteiger partial charge in [0.05, 0.1) is 19.8 Å². The first-order valence-electron chi connectivity index (χ1n) is 12.2. The Morgan fingerprint density at radius 3 is 2.23 bits per heavy atom. The molecule has 3 aromatic rings. The van der Waals surface area contributed by atoms with Crippen molar-refractivity contribution in [2.24, 2.45) is 0 Å². The number of carbonyl (C=O) groups is 4. The third kappa shape index (κ3) is 6.50. The lowest BCUT2D eigenvalue weighted by Crippen LogP contribution is -2.14. The van der Waals surface area contributed by atoms with E-state index in [1.807, 2.05) is 25.1 Å². The third-order valence-corrected chi connectivity index (χ3v) is 7.15. The normalized spacial score (nSPS) is 12.9. The number of methoxy groups -OCH3 is 1. The lowest BCUT2D eigenvalue weighted by Gasteiger charge is -2.10. The quantitative estimate of drug-likeness (QED) is 0.0997. The second kappa shape index (κ2) is 12.5. The number of benzene rings is 3. The molecule has 0 amide bonds. The highest BCUT2D eigenvalue weighted by atomic mass is 32.2. The van der Waals surface area contributed by atoms with E-state index in [0.29, 0.717) is 17.1 Å². The van der Waals surface area contributed by atoms with Crippen LogP contribution >= 0.6 is 11.8 Å². The van der Waals surface area contributed by atoms with Crippen molar-refractivity contribution in [3.8, 4) is 22.6 Å². The Bertz CT molecular complexity index is 1510. The number of hydrogen-bond acceptors (Lipinski definition) is 9. The molecule has 0 fully saturated rings. The van der Waals surface area contributed by atoms with Gasteiger partial charge in [-0.1, -0.05) is 32.2 Å². The molecule has 204 valence electrons. The minimum atomic E-state index is -0.701. The van der Waals surface area contributed by atoms with Gasteiger partial charge in [0.25, 0.3) is 0 Å². The van der Waals surface area contributed by atoms with E-state index in [4.69, 9.17) is 9.47 Å². The highest BCUT2D eigenvalue weighted by molar-refractivity contribution is 8.14. The highest BCUT2D eigenvalue weighted by Gasteiger charge is 2.27. The average molecular weight is 559 g/mol. The predicted octanol–water partition coefficient (Wildman–Crippen LogP) is 5.84. The van der Waals surface area contributed by atoms with E-state index >= 15 is 0 Å². The number of hydrogen-bond donors (Lipinski definition) is 0. The van der Waals surface area contributed by atoms with Crippen molar-refractivity contribution in [2.45, 2.75) is 24.2 Å². The van der Waals surface area contributed by atoms with Gasteiger partial charge >= 0.3 is 17.9 Å². The second-order valence-corrected chi connectivity index (χ2v) is 9.87. The SMILES string of the molecule is C=COC(=O)COc1ccc(SC(=O)c2ccc3c(c2)C(C)c2cc(OC(=O)C(=C)CC(=O)OC)ccc2-3)cc1. The van der Waals surface area contributed by atoms with Crippen LogP contribution in [0.25, 0.3) is 11.1 Å². The highest BCUT2D eigenvalue weighted by Crippen LogP contribution is 2.46. The van der Waals surface area contributed by atoms with Gasteiger partial charge in [-0.05, 0) is 82.5 Å². The number of esters is 3. The van der Waals surface area contributed by atoms with Gasteiger partial charge in [0.15, 0.2) is 6.61 Å². The molecule has 0 N–H and O–H groups in total. The number of ether oxygens (including phenoxy) is 4. The lowest BCUT2D eigenvalue weighted by atomic mass is 9.98. The maximum absolute atomic E-state index is 13.1. The molecule has 0 saturated carbocycles. The molecule has 1 atom stereocenters. The van der Waals surface area contributed by atoms with E-state index in [0.717, 1.165) is 45.2 Å². The van der Waals surface area contributed by atoms with Crippen LogP contribution in [0.4, 0.5) is 0 Å². The molecule has 0 saturated heterocycles. The van der Waals surface area contributed by atoms with E-state index in [1.54, 1.807) is 42.5 Å². The van der Waals surface area contributed by atoms with Crippen molar-refractivity contribution in [1.29, 1.82) is 0 Å². The molecule has 9 heteroatoms. The molecular weight excluding hydrogens is 532 g/mol. The van der Waals surface area contributed by atoms with Crippen LogP contribution in [0.2, 0.25) is 0 Å². The molecular formula is C31H26O8S. The molecule has 4 rings (SSSR count). The first-order valence-corrected chi connectivity index (χ1v) is 13.0. The molecule has 3 aromatic carbocycles. The van der Waals surface area contributed by atoms with Gasteiger partial charge in [-0.25, -0.2) is 9.59 Å². The summed E-state index contributed by atoms with van der Waals surface area (Å²) in [5, 5.41) is -0.118. The zero-order valence-electron chi connectivity index (χ0n) is 21.9. The summed E-state index contributed by atoms with van der Waals surface area (Å²) in [6, 6.07) is 17.8. The molecule has 1 aliphatic carbocycles. The van der Waals surface area contributed by atoms with Crippen LogP contribution in [0.15, 0.2) is 90.6 Å². The minimum absolute atomic E-state index is 0.000257. The van der Waals surface area contributed by atoms with Crippen LogP contribution in [-0.2, 0) is 23.9 Å². The van der Waals surface area contributed by atoms with Crippen LogP contribution in [0.3, 0.4) is 0 Å². The van der Waals surface area contributed by atoms with Crippen LogP contribution in [0.1, 0.15) is 40.7 Å². The third-order valence-electron chi connectivity index (χ3n) is 6.22. The van der Waals surface area contributed by atoms with Gasteiger partial charge < -0.3 is 18.9 Å². The Morgan fingerprint density at radius 1 is 0.900 bits per heavy atom. The standard InChI is InChI=1S/C31H26O8S/c1-5-37-29(33)17-38-21-7-10-23(11-8-21)40-31(35)20-6-12-24-25-13-9-22(16-27(25)19(3)26(24)15-20)39-30(34)18(2)14-28(32)36-4/h5-13,15-16,19H,1-2,14,17H2,3-4H3. The van der Waals surface area contributed by atoms with Crippen molar-refractivity contribution in [3.05, 3.63) is 102 Å². The number of thioether (sulfide) groups is 1. The van der Waals surface area contributed by atoms with Crippen molar-refractivity contribution in [2.75, 3.05) is 13.7 Å². The molecule has 1 unspecified atom stereocenters. The van der Waals surface area contributed by atoms with Gasteiger partial charge in [-0.3, -0.25) is 9.59 Å². The predicted molar refractivity (Wildman–Crippen MR) is 149 cm³/mol. The van der Waals surface area contributed by atoms with Crippen LogP contribution in [-0.4, -0.2) is 36.7 Å². The molecule has 0 radical (unpaired) electrons. The molecule has 0 heterocycles. The van der Waals surface area contributed by atoms with Gasteiger partial charge in [-0.15, -0.1) is 0 Å². The fourth-order valence-electron chi connectivity index (χ4n) is 4.21. The second-order valence-electron chi connectivity index (χ2n) is 8.82. The minimum Gasteiger partial charge on any atom is -0.482 e. The summed E-state index contributed by atoms with van der Waals surface area (Å²) >= 11 is 1.09. The summed E-state index contributed by atoms with van der Waals surface area (Å²) < 4.78 is 20.0. The monoisotopic (exact) mass is 558 g/mol.